The first-order valence-electron chi connectivity index (χ1n) is 16.7. The molecule has 45 heavy (non-hydrogen) atoms. The van der Waals surface area contributed by atoms with Gasteiger partial charge in [-0.3, -0.25) is 24.4 Å². The molecular weight excluding hydrogens is 592 g/mol. The molecule has 3 amide bonds. The van der Waals surface area contributed by atoms with Crippen molar-refractivity contribution in [3.05, 3.63) is 52.3 Å². The maximum atomic E-state index is 14.0. The second-order valence-corrected chi connectivity index (χ2v) is 13.0. The number of hydrogen-bond donors (Lipinski definition) is 4. The van der Waals surface area contributed by atoms with E-state index in [0.29, 0.717) is 44.0 Å². The van der Waals surface area contributed by atoms with Crippen LogP contribution in [-0.4, -0.2) is 87.2 Å². The molecule has 248 valence electrons. The van der Waals surface area contributed by atoms with Crippen LogP contribution in [-0.2, 0) is 9.59 Å². The van der Waals surface area contributed by atoms with E-state index in [1.165, 1.54) is 19.3 Å². The Kier molecular flexibility index (Phi) is 12.1. The number of carbonyl (C=O) groups excluding carboxylic acids is 3. The maximum Gasteiger partial charge on any atom is 0.251 e. The lowest BCUT2D eigenvalue weighted by atomic mass is 9.78. The molecule has 0 radical (unpaired) electrons. The third kappa shape index (κ3) is 7.39. The molecule has 1 aromatic heterocycles. The summed E-state index contributed by atoms with van der Waals surface area (Å²) in [5.74, 6) is 0.403. The molecule has 1 unspecified atom stereocenters. The predicted octanol–water partition coefficient (Wildman–Crippen LogP) is 4.19. The normalized spacial score (nSPS) is 21.3. The van der Waals surface area contributed by atoms with E-state index in [4.69, 9.17) is 5.11 Å². The van der Waals surface area contributed by atoms with Crippen molar-refractivity contribution in [3.63, 3.8) is 0 Å². The van der Waals surface area contributed by atoms with Crippen molar-refractivity contribution in [3.8, 4) is 0 Å². The van der Waals surface area contributed by atoms with Crippen molar-refractivity contribution in [1.29, 1.82) is 0 Å². The van der Waals surface area contributed by atoms with E-state index >= 15 is 0 Å². The zero-order valence-corrected chi connectivity index (χ0v) is 27.9. The molecular formula is C34H51ClN6O4. The van der Waals surface area contributed by atoms with Crippen LogP contribution in [0, 0.1) is 19.8 Å². The molecule has 2 atom stereocenters. The van der Waals surface area contributed by atoms with Gasteiger partial charge in [0.25, 0.3) is 5.91 Å². The Morgan fingerprint density at radius 2 is 1.80 bits per heavy atom. The van der Waals surface area contributed by atoms with E-state index in [0.717, 1.165) is 54.6 Å². The van der Waals surface area contributed by atoms with Crippen LogP contribution < -0.4 is 10.6 Å². The molecule has 4 N–H and O–H groups in total. The average molecular weight is 643 g/mol. The highest BCUT2D eigenvalue weighted by molar-refractivity contribution is 6.00. The quantitative estimate of drug-likeness (QED) is 0.291. The molecule has 0 bridgehead atoms. The van der Waals surface area contributed by atoms with E-state index in [9.17, 15) is 14.4 Å². The Morgan fingerprint density at radius 3 is 2.40 bits per heavy atom. The molecule has 1 spiro atoms. The number of halogens is 1. The number of benzene rings is 1. The van der Waals surface area contributed by atoms with Crippen LogP contribution in [0.3, 0.4) is 0 Å². The number of aliphatic hydroxyl groups is 1. The summed E-state index contributed by atoms with van der Waals surface area (Å²) in [6.07, 6.45) is 9.75. The molecule has 2 aromatic rings. The first-order chi connectivity index (χ1) is 21.3. The number of aromatic amines is 1. The van der Waals surface area contributed by atoms with E-state index in [1.54, 1.807) is 0 Å². The maximum absolute atomic E-state index is 14.0. The smallest absolute Gasteiger partial charge is 0.251 e. The number of piperazine rings is 1. The summed E-state index contributed by atoms with van der Waals surface area (Å²) in [5.41, 5.74) is 3.73. The molecule has 2 aliphatic heterocycles. The minimum atomic E-state index is -0.828. The van der Waals surface area contributed by atoms with Crippen LogP contribution in [0.1, 0.15) is 110 Å². The van der Waals surface area contributed by atoms with Gasteiger partial charge in [0.05, 0.1) is 18.3 Å². The Labute approximate surface area is 273 Å². The Bertz CT molecular complexity index is 1280. The number of hydrogen-bond acceptors (Lipinski definition) is 6. The lowest BCUT2D eigenvalue weighted by molar-refractivity contribution is -0.162. The van der Waals surface area contributed by atoms with Crippen LogP contribution in [0.5, 0.6) is 0 Å². The van der Waals surface area contributed by atoms with Crippen molar-refractivity contribution < 1.29 is 19.5 Å². The third-order valence-electron chi connectivity index (χ3n) is 10.2. The van der Waals surface area contributed by atoms with Crippen molar-refractivity contribution >= 4 is 30.1 Å². The molecule has 3 heterocycles. The topological polar surface area (TPSA) is 131 Å². The zero-order chi connectivity index (χ0) is 31.3. The Hall–Kier alpha value is -2.95. The van der Waals surface area contributed by atoms with Crippen molar-refractivity contribution in [2.24, 2.45) is 5.92 Å². The minimum absolute atomic E-state index is 0. The van der Waals surface area contributed by atoms with Crippen LogP contribution in [0.2, 0.25) is 0 Å². The minimum Gasteiger partial charge on any atom is -0.395 e. The van der Waals surface area contributed by atoms with Gasteiger partial charge in [0.1, 0.15) is 11.6 Å². The summed E-state index contributed by atoms with van der Waals surface area (Å²) >= 11 is 0. The van der Waals surface area contributed by atoms with Gasteiger partial charge >= 0.3 is 0 Å². The van der Waals surface area contributed by atoms with Gasteiger partial charge < -0.3 is 20.6 Å². The SMILES string of the molecule is CCCCN1C(=O)[C@H](CC2CCCCC2)NC(=O)C12CCN(C(c1ccc(C(=O)NCCO)cc1)c1c(C)n[nH]c1C)CC2.Cl. The summed E-state index contributed by atoms with van der Waals surface area (Å²) < 4.78 is 0. The summed E-state index contributed by atoms with van der Waals surface area (Å²) in [4.78, 5) is 44.9. The lowest BCUT2D eigenvalue weighted by Crippen LogP contribution is -2.73. The number of nitrogens with zero attached hydrogens (tertiary/aromatic N) is 3. The molecule has 1 aromatic carbocycles. The largest absolute Gasteiger partial charge is 0.395 e. The van der Waals surface area contributed by atoms with E-state index in [1.807, 2.05) is 43.0 Å². The average Bonchev–Trinajstić information content (AvgIpc) is 3.37. The molecule has 1 aliphatic carbocycles. The summed E-state index contributed by atoms with van der Waals surface area (Å²) in [6.45, 7) is 8.16. The highest BCUT2D eigenvalue weighted by Gasteiger charge is 2.54. The second-order valence-electron chi connectivity index (χ2n) is 13.0. The van der Waals surface area contributed by atoms with Crippen LogP contribution >= 0.6 is 12.4 Å². The van der Waals surface area contributed by atoms with Gasteiger partial charge in [0, 0.05) is 43.0 Å². The molecule has 3 fully saturated rings. The van der Waals surface area contributed by atoms with Crippen LogP contribution in [0.25, 0.3) is 0 Å². The fraction of sp³-hybridized carbons (Fsp3) is 0.647. The summed E-state index contributed by atoms with van der Waals surface area (Å²) in [7, 11) is 0. The lowest BCUT2D eigenvalue weighted by Gasteiger charge is -2.53. The number of unbranched alkanes of at least 4 members (excludes halogenated alkanes) is 1. The third-order valence-corrected chi connectivity index (χ3v) is 10.2. The molecule has 1 saturated carbocycles. The van der Waals surface area contributed by atoms with Gasteiger partial charge in [-0.25, -0.2) is 0 Å². The number of amides is 3. The molecule has 10 nitrogen and oxygen atoms in total. The van der Waals surface area contributed by atoms with Crippen molar-refractivity contribution in [2.75, 3.05) is 32.8 Å². The van der Waals surface area contributed by atoms with Gasteiger partial charge in [-0.15, -0.1) is 12.4 Å². The van der Waals surface area contributed by atoms with Crippen LogP contribution in [0.4, 0.5) is 0 Å². The number of aryl methyl sites for hydroxylation is 2. The predicted molar refractivity (Wildman–Crippen MR) is 176 cm³/mol. The van der Waals surface area contributed by atoms with Gasteiger partial charge in [-0.05, 0) is 63.1 Å². The Morgan fingerprint density at radius 1 is 1.11 bits per heavy atom. The van der Waals surface area contributed by atoms with Gasteiger partial charge in [0.2, 0.25) is 11.8 Å². The van der Waals surface area contributed by atoms with Gasteiger partial charge in [0.15, 0.2) is 0 Å². The van der Waals surface area contributed by atoms with Gasteiger partial charge in [-0.1, -0.05) is 57.6 Å². The first kappa shape index (κ1) is 34.9. The molecule has 5 rings (SSSR count). The van der Waals surface area contributed by atoms with Gasteiger partial charge in [-0.2, -0.15) is 5.10 Å². The number of H-pyrrole nitrogens is 1. The highest BCUT2D eigenvalue weighted by Crippen LogP contribution is 2.40. The van der Waals surface area contributed by atoms with E-state index in [-0.39, 0.29) is 49.3 Å². The van der Waals surface area contributed by atoms with Crippen molar-refractivity contribution in [2.45, 2.75) is 103 Å². The van der Waals surface area contributed by atoms with Crippen LogP contribution in [0.15, 0.2) is 24.3 Å². The van der Waals surface area contributed by atoms with E-state index < -0.39 is 11.6 Å². The monoisotopic (exact) mass is 642 g/mol. The highest BCUT2D eigenvalue weighted by atomic mass is 35.5. The molecule has 2 saturated heterocycles. The van der Waals surface area contributed by atoms with E-state index in [2.05, 4.69) is 32.7 Å². The second kappa shape index (κ2) is 15.6. The Balaban J connectivity index is 0.00000461. The molecule has 11 heteroatoms. The summed E-state index contributed by atoms with van der Waals surface area (Å²) in [6, 6.07) is 7.06. The van der Waals surface area contributed by atoms with Crippen molar-refractivity contribution in [1.82, 2.24) is 30.6 Å². The fourth-order valence-electron chi connectivity index (χ4n) is 7.69. The number of likely N-dealkylation sites (tertiary alicyclic amines) is 1. The number of rotatable bonds is 11. The number of aliphatic hydroxyl groups excluding tert-OH is 1. The summed E-state index contributed by atoms with van der Waals surface area (Å²) in [5, 5.41) is 22.6. The zero-order valence-electron chi connectivity index (χ0n) is 27.1. The number of nitrogens with one attached hydrogen (secondary N) is 3. The standard InChI is InChI=1S/C34H50N6O4.ClH/c1-4-5-18-40-32(43)28(22-25-9-7-6-8-10-25)36-33(44)34(40)15-19-39(20-16-34)30(29-23(2)37-38-24(29)3)26-11-13-27(14-12-26)31(42)35-17-21-41;/h11-14,25,28,30,41H,4-10,15-22H2,1-3H3,(H,35,42)(H,36,44)(H,37,38);1H/t28-,30?;/m0./s1. The number of aromatic nitrogens is 2. The molecule has 3 aliphatic rings. The number of piperidine rings is 1. The number of carbonyl (C=O) groups is 3. The fourth-order valence-corrected chi connectivity index (χ4v) is 7.69. The first-order valence-corrected chi connectivity index (χ1v) is 16.7.